The summed E-state index contributed by atoms with van der Waals surface area (Å²) in [6, 6.07) is 5.90. The molecule has 5 nitrogen and oxygen atoms in total. The Morgan fingerprint density at radius 3 is 2.52 bits per heavy atom. The highest BCUT2D eigenvalue weighted by atomic mass is 35.5. The first-order valence-electron chi connectivity index (χ1n) is 8.76. The van der Waals surface area contributed by atoms with Gasteiger partial charge in [-0.3, -0.25) is 0 Å². The minimum atomic E-state index is -0.0207. The number of rotatable bonds is 2. The molecule has 1 aliphatic heterocycles. The number of aromatic nitrogens is 2. The van der Waals surface area contributed by atoms with Gasteiger partial charge in [0.1, 0.15) is 5.82 Å². The topological polar surface area (TPSA) is 81.1 Å². The van der Waals surface area contributed by atoms with Gasteiger partial charge < -0.3 is 16.4 Å². The third-order valence-electron chi connectivity index (χ3n) is 5.60. The summed E-state index contributed by atoms with van der Waals surface area (Å²) in [5.41, 5.74) is 15.2. The molecule has 25 heavy (non-hydrogen) atoms. The van der Waals surface area contributed by atoms with E-state index in [0.29, 0.717) is 28.6 Å². The maximum absolute atomic E-state index is 6.42. The molecule has 1 aliphatic carbocycles. The van der Waals surface area contributed by atoms with Crippen LogP contribution in [0.4, 0.5) is 11.8 Å². The van der Waals surface area contributed by atoms with Crippen molar-refractivity contribution in [1.82, 2.24) is 9.97 Å². The number of benzene rings is 1. The lowest BCUT2D eigenvalue weighted by Gasteiger charge is -2.23. The van der Waals surface area contributed by atoms with Gasteiger partial charge in [0, 0.05) is 36.0 Å². The van der Waals surface area contributed by atoms with Crippen molar-refractivity contribution in [3.05, 3.63) is 35.0 Å². The molecule has 0 unspecified atom stereocenters. The normalized spacial score (nSPS) is 28.4. The van der Waals surface area contributed by atoms with E-state index in [1.807, 2.05) is 25.1 Å². The predicted molar refractivity (Wildman–Crippen MR) is 103 cm³/mol. The SMILES string of the molecule is Cc1cccc(-c2cnc(N3C[C@@H]4C[C@](C)(N)C[C@@H]4C3)nc2N)c1Cl. The Bertz CT molecular complexity index is 803. The lowest BCUT2D eigenvalue weighted by molar-refractivity contribution is 0.449. The zero-order valence-electron chi connectivity index (χ0n) is 14.7. The van der Waals surface area contributed by atoms with Crippen LogP contribution in [0.3, 0.4) is 0 Å². The van der Waals surface area contributed by atoms with Crippen LogP contribution >= 0.6 is 11.6 Å². The van der Waals surface area contributed by atoms with E-state index in [-0.39, 0.29) is 5.54 Å². The number of hydrogen-bond acceptors (Lipinski definition) is 5. The summed E-state index contributed by atoms with van der Waals surface area (Å²) in [4.78, 5) is 11.4. The van der Waals surface area contributed by atoms with Crippen molar-refractivity contribution in [3.8, 4) is 11.1 Å². The average molecular weight is 358 g/mol. The second kappa shape index (κ2) is 5.85. The average Bonchev–Trinajstić information content (AvgIpc) is 3.04. The van der Waals surface area contributed by atoms with E-state index >= 15 is 0 Å². The van der Waals surface area contributed by atoms with Crippen molar-refractivity contribution < 1.29 is 0 Å². The number of nitrogens with two attached hydrogens (primary N) is 2. The Morgan fingerprint density at radius 2 is 1.88 bits per heavy atom. The molecule has 2 heterocycles. The number of nitrogens with zero attached hydrogens (tertiary/aromatic N) is 3. The molecule has 4 rings (SSSR count). The molecular weight excluding hydrogens is 334 g/mol. The molecule has 132 valence electrons. The van der Waals surface area contributed by atoms with Crippen LogP contribution in [-0.2, 0) is 0 Å². The number of anilines is 2. The number of aryl methyl sites for hydroxylation is 1. The molecule has 2 aliphatic rings. The van der Waals surface area contributed by atoms with E-state index in [2.05, 4.69) is 21.8 Å². The lowest BCUT2D eigenvalue weighted by atomic mass is 10.00. The Balaban J connectivity index is 1.58. The molecule has 1 aromatic heterocycles. The van der Waals surface area contributed by atoms with Crippen LogP contribution in [0.25, 0.3) is 11.1 Å². The smallest absolute Gasteiger partial charge is 0.227 e. The van der Waals surface area contributed by atoms with Crippen LogP contribution in [0.15, 0.2) is 24.4 Å². The van der Waals surface area contributed by atoms with Gasteiger partial charge in [-0.25, -0.2) is 4.98 Å². The second-order valence-electron chi connectivity index (χ2n) is 7.89. The molecule has 2 fully saturated rings. The van der Waals surface area contributed by atoms with E-state index in [9.17, 15) is 0 Å². The van der Waals surface area contributed by atoms with Gasteiger partial charge in [0.25, 0.3) is 0 Å². The Morgan fingerprint density at radius 1 is 1.20 bits per heavy atom. The quantitative estimate of drug-likeness (QED) is 0.862. The highest BCUT2D eigenvalue weighted by Gasteiger charge is 2.45. The molecule has 4 N–H and O–H groups in total. The number of fused-ring (bicyclic) bond motifs is 1. The van der Waals surface area contributed by atoms with Crippen molar-refractivity contribution in [2.45, 2.75) is 32.2 Å². The summed E-state index contributed by atoms with van der Waals surface area (Å²) < 4.78 is 0. The second-order valence-corrected chi connectivity index (χ2v) is 8.27. The van der Waals surface area contributed by atoms with E-state index in [4.69, 9.17) is 23.1 Å². The van der Waals surface area contributed by atoms with E-state index in [0.717, 1.165) is 42.6 Å². The van der Waals surface area contributed by atoms with Crippen LogP contribution in [0, 0.1) is 18.8 Å². The third-order valence-corrected chi connectivity index (χ3v) is 6.11. The van der Waals surface area contributed by atoms with Crippen LogP contribution < -0.4 is 16.4 Å². The highest BCUT2D eigenvalue weighted by molar-refractivity contribution is 6.34. The summed E-state index contributed by atoms with van der Waals surface area (Å²) in [7, 11) is 0. The summed E-state index contributed by atoms with van der Waals surface area (Å²) in [5.74, 6) is 2.44. The molecule has 3 atom stereocenters. The molecular formula is C19H24ClN5. The lowest BCUT2D eigenvalue weighted by Crippen LogP contribution is -2.35. The van der Waals surface area contributed by atoms with Gasteiger partial charge in [-0.05, 0) is 44.1 Å². The summed E-state index contributed by atoms with van der Waals surface area (Å²) >= 11 is 6.42. The van der Waals surface area contributed by atoms with Gasteiger partial charge in [-0.15, -0.1) is 0 Å². The zero-order valence-corrected chi connectivity index (χ0v) is 15.4. The maximum Gasteiger partial charge on any atom is 0.227 e. The zero-order chi connectivity index (χ0) is 17.8. The third kappa shape index (κ3) is 2.96. The molecule has 0 bridgehead atoms. The monoisotopic (exact) mass is 357 g/mol. The molecule has 2 aromatic rings. The van der Waals surface area contributed by atoms with Gasteiger partial charge in [-0.2, -0.15) is 4.98 Å². The van der Waals surface area contributed by atoms with Crippen LogP contribution in [0.1, 0.15) is 25.3 Å². The van der Waals surface area contributed by atoms with E-state index in [1.165, 1.54) is 0 Å². The molecule has 1 saturated heterocycles. The van der Waals surface area contributed by atoms with Crippen LogP contribution in [0.2, 0.25) is 5.02 Å². The van der Waals surface area contributed by atoms with Crippen molar-refractivity contribution >= 4 is 23.4 Å². The Hall–Kier alpha value is -1.85. The Labute approximate surface area is 153 Å². The fraction of sp³-hybridized carbons (Fsp3) is 0.474. The van der Waals surface area contributed by atoms with E-state index in [1.54, 1.807) is 6.20 Å². The first kappa shape index (κ1) is 16.6. The molecule has 6 heteroatoms. The molecule has 0 radical (unpaired) electrons. The summed E-state index contributed by atoms with van der Waals surface area (Å²) in [5, 5.41) is 0.698. The molecule has 0 amide bonds. The first-order chi connectivity index (χ1) is 11.8. The number of nitrogen functional groups attached to an aromatic ring is 1. The van der Waals surface area contributed by atoms with Gasteiger partial charge in [0.05, 0.1) is 5.02 Å². The summed E-state index contributed by atoms with van der Waals surface area (Å²) in [6.45, 7) is 6.05. The number of halogens is 1. The fourth-order valence-electron chi connectivity index (χ4n) is 4.45. The molecule has 0 spiro atoms. The van der Waals surface area contributed by atoms with E-state index < -0.39 is 0 Å². The largest absolute Gasteiger partial charge is 0.383 e. The minimum absolute atomic E-state index is 0.0207. The standard InChI is InChI=1S/C19H24ClN5/c1-11-4-3-5-14(16(11)20)15-8-23-18(24-17(15)21)25-9-12-6-19(2,22)7-13(12)10-25/h3-5,8,12-13H,6-7,9-10,22H2,1-2H3,(H2,21,23,24)/t12-,13+,19-. The number of hydrogen-bond donors (Lipinski definition) is 2. The van der Waals surface area contributed by atoms with Crippen molar-refractivity contribution in [2.24, 2.45) is 17.6 Å². The summed E-state index contributed by atoms with van der Waals surface area (Å²) in [6.07, 6.45) is 3.93. The van der Waals surface area contributed by atoms with Crippen LogP contribution in [-0.4, -0.2) is 28.6 Å². The maximum atomic E-state index is 6.42. The van der Waals surface area contributed by atoms with Crippen molar-refractivity contribution in [1.29, 1.82) is 0 Å². The predicted octanol–water partition coefficient (Wildman–Crippen LogP) is 3.25. The van der Waals surface area contributed by atoms with Crippen molar-refractivity contribution in [2.75, 3.05) is 23.7 Å². The molecule has 1 aromatic carbocycles. The van der Waals surface area contributed by atoms with Gasteiger partial charge in [0.2, 0.25) is 5.95 Å². The van der Waals surface area contributed by atoms with Crippen molar-refractivity contribution in [3.63, 3.8) is 0 Å². The minimum Gasteiger partial charge on any atom is -0.383 e. The molecule has 1 saturated carbocycles. The highest BCUT2D eigenvalue weighted by Crippen LogP contribution is 2.43. The van der Waals surface area contributed by atoms with Gasteiger partial charge in [0.15, 0.2) is 0 Å². The Kier molecular flexibility index (Phi) is 3.89. The van der Waals surface area contributed by atoms with Crippen LogP contribution in [0.5, 0.6) is 0 Å². The fourth-order valence-corrected chi connectivity index (χ4v) is 4.67. The van der Waals surface area contributed by atoms with Gasteiger partial charge in [-0.1, -0.05) is 29.8 Å². The first-order valence-corrected chi connectivity index (χ1v) is 9.14. The van der Waals surface area contributed by atoms with Gasteiger partial charge >= 0.3 is 0 Å².